The van der Waals surface area contributed by atoms with E-state index in [0.717, 1.165) is 6.42 Å². The van der Waals surface area contributed by atoms with Gasteiger partial charge in [-0.05, 0) is 37.0 Å². The average Bonchev–Trinajstić information content (AvgIpc) is 3.10. The number of hydrogen-bond donors (Lipinski definition) is 0. The summed E-state index contributed by atoms with van der Waals surface area (Å²) in [6.07, 6.45) is 17.9. The van der Waals surface area contributed by atoms with Crippen LogP contribution in [0.4, 0.5) is 0 Å². The normalized spacial score (nSPS) is 12.0. The second-order valence-electron chi connectivity index (χ2n) is 6.95. The molecule has 0 aliphatic heterocycles. The van der Waals surface area contributed by atoms with Crippen LogP contribution in [-0.4, -0.2) is 11.2 Å². The fourth-order valence-electron chi connectivity index (χ4n) is 3.45. The summed E-state index contributed by atoms with van der Waals surface area (Å²) < 4.78 is 7.97. The fourth-order valence-corrected chi connectivity index (χ4v) is 3.45. The average molecular weight is 352 g/mol. The van der Waals surface area contributed by atoms with E-state index in [1.165, 1.54) is 61.8 Å². The molecule has 2 rings (SSSR count). The molecule has 0 fully saturated rings. The molecule has 1 unspecified atom stereocenters. The lowest BCUT2D eigenvalue weighted by Gasteiger charge is -2.18. The van der Waals surface area contributed by atoms with Crippen LogP contribution in [0, 0.1) is 12.3 Å². The molecule has 0 radical (unpaired) electrons. The van der Waals surface area contributed by atoms with E-state index in [1.807, 2.05) is 0 Å². The number of terminal acetylenes is 1. The fraction of sp³-hybridized carbons (Fsp3) is 0.500. The van der Waals surface area contributed by atoms with Crippen molar-refractivity contribution in [2.24, 2.45) is 0 Å². The molecule has 0 bridgehead atoms. The Hall–Kier alpha value is -1.98. The van der Waals surface area contributed by atoms with Gasteiger partial charge in [0, 0.05) is 6.20 Å². The third-order valence-corrected chi connectivity index (χ3v) is 4.90. The SMILES string of the molecule is C#CCOC(C)n1ccc(CCCCCCCCC)c1-c1ccccc1. The maximum Gasteiger partial charge on any atom is 0.132 e. The topological polar surface area (TPSA) is 14.2 Å². The summed E-state index contributed by atoms with van der Waals surface area (Å²) in [4.78, 5) is 0. The van der Waals surface area contributed by atoms with Crippen LogP contribution in [0.3, 0.4) is 0 Å². The molecule has 1 atom stereocenters. The van der Waals surface area contributed by atoms with E-state index in [1.54, 1.807) is 0 Å². The maximum absolute atomic E-state index is 5.76. The first-order chi connectivity index (χ1) is 12.8. The Morgan fingerprint density at radius 1 is 1.00 bits per heavy atom. The highest BCUT2D eigenvalue weighted by atomic mass is 16.5. The van der Waals surface area contributed by atoms with Crippen molar-refractivity contribution in [3.63, 3.8) is 0 Å². The lowest BCUT2D eigenvalue weighted by molar-refractivity contribution is 0.0396. The van der Waals surface area contributed by atoms with E-state index >= 15 is 0 Å². The molecule has 140 valence electrons. The quantitative estimate of drug-likeness (QED) is 0.310. The molecule has 1 heterocycles. The van der Waals surface area contributed by atoms with Crippen LogP contribution in [-0.2, 0) is 11.2 Å². The van der Waals surface area contributed by atoms with Gasteiger partial charge in [-0.15, -0.1) is 6.42 Å². The number of nitrogens with zero attached hydrogens (tertiary/aromatic N) is 1. The molecule has 0 spiro atoms. The van der Waals surface area contributed by atoms with E-state index in [9.17, 15) is 0 Å². The molecule has 2 aromatic rings. The zero-order valence-electron chi connectivity index (χ0n) is 16.4. The third-order valence-electron chi connectivity index (χ3n) is 4.90. The summed E-state index contributed by atoms with van der Waals surface area (Å²) in [5.41, 5.74) is 3.91. The van der Waals surface area contributed by atoms with Crippen LogP contribution < -0.4 is 0 Å². The largest absolute Gasteiger partial charge is 0.346 e. The first-order valence-corrected chi connectivity index (χ1v) is 10.1. The minimum Gasteiger partial charge on any atom is -0.346 e. The Balaban J connectivity index is 2.04. The van der Waals surface area contributed by atoms with Gasteiger partial charge in [-0.25, -0.2) is 0 Å². The second-order valence-corrected chi connectivity index (χ2v) is 6.95. The highest BCUT2D eigenvalue weighted by Crippen LogP contribution is 2.29. The third kappa shape index (κ3) is 6.07. The zero-order chi connectivity index (χ0) is 18.6. The molecule has 0 N–H and O–H groups in total. The summed E-state index contributed by atoms with van der Waals surface area (Å²) >= 11 is 0. The van der Waals surface area contributed by atoms with Gasteiger partial charge in [0.05, 0.1) is 5.69 Å². The van der Waals surface area contributed by atoms with Crippen molar-refractivity contribution in [3.05, 3.63) is 48.2 Å². The number of benzene rings is 1. The lowest BCUT2D eigenvalue weighted by Crippen LogP contribution is -2.10. The van der Waals surface area contributed by atoms with Crippen LogP contribution >= 0.6 is 0 Å². The van der Waals surface area contributed by atoms with Crippen molar-refractivity contribution in [2.75, 3.05) is 6.61 Å². The van der Waals surface area contributed by atoms with E-state index in [2.05, 4.69) is 66.9 Å². The number of unbranched alkanes of at least 4 members (excludes halogenated alkanes) is 6. The Kier molecular flexibility index (Phi) is 9.07. The summed E-state index contributed by atoms with van der Waals surface area (Å²) in [7, 11) is 0. The molecular formula is C24H33NO. The smallest absolute Gasteiger partial charge is 0.132 e. The van der Waals surface area contributed by atoms with Gasteiger partial charge in [0.1, 0.15) is 12.8 Å². The predicted molar refractivity (Wildman–Crippen MR) is 111 cm³/mol. The lowest BCUT2D eigenvalue weighted by atomic mass is 10.0. The maximum atomic E-state index is 5.76. The number of rotatable bonds is 12. The number of hydrogen-bond acceptors (Lipinski definition) is 1. The van der Waals surface area contributed by atoms with Crippen molar-refractivity contribution in [1.82, 2.24) is 4.57 Å². The molecule has 0 saturated heterocycles. The monoisotopic (exact) mass is 351 g/mol. The highest BCUT2D eigenvalue weighted by Gasteiger charge is 2.15. The Bertz CT molecular complexity index is 665. The molecule has 26 heavy (non-hydrogen) atoms. The van der Waals surface area contributed by atoms with Crippen LogP contribution in [0.25, 0.3) is 11.3 Å². The summed E-state index contributed by atoms with van der Waals surface area (Å²) in [5, 5.41) is 0. The van der Waals surface area contributed by atoms with Gasteiger partial charge in [0.15, 0.2) is 0 Å². The van der Waals surface area contributed by atoms with Gasteiger partial charge in [0.2, 0.25) is 0 Å². The van der Waals surface area contributed by atoms with Crippen molar-refractivity contribution >= 4 is 0 Å². The molecule has 0 saturated carbocycles. The van der Waals surface area contributed by atoms with Crippen molar-refractivity contribution in [2.45, 2.75) is 71.4 Å². The molecule has 2 heteroatoms. The van der Waals surface area contributed by atoms with Gasteiger partial charge < -0.3 is 9.30 Å². The van der Waals surface area contributed by atoms with E-state index < -0.39 is 0 Å². The first kappa shape index (κ1) is 20.3. The van der Waals surface area contributed by atoms with Crippen LogP contribution in [0.2, 0.25) is 0 Å². The number of ether oxygens (including phenoxy) is 1. The molecule has 2 nitrogen and oxygen atoms in total. The van der Waals surface area contributed by atoms with Crippen molar-refractivity contribution < 1.29 is 4.74 Å². The van der Waals surface area contributed by atoms with E-state index in [0.29, 0.717) is 6.61 Å². The Labute approximate surface area is 159 Å². The highest BCUT2D eigenvalue weighted by molar-refractivity contribution is 5.64. The van der Waals surface area contributed by atoms with E-state index in [-0.39, 0.29) is 6.23 Å². The van der Waals surface area contributed by atoms with Gasteiger partial charge in [-0.1, -0.05) is 81.7 Å². The van der Waals surface area contributed by atoms with Crippen LogP contribution in [0.5, 0.6) is 0 Å². The summed E-state index contributed by atoms with van der Waals surface area (Å²) in [6, 6.07) is 12.8. The second kappa shape index (κ2) is 11.6. The minimum absolute atomic E-state index is 0.0657. The predicted octanol–water partition coefficient (Wildman–Crippen LogP) is 6.62. The first-order valence-electron chi connectivity index (χ1n) is 10.1. The molecular weight excluding hydrogens is 318 g/mol. The Morgan fingerprint density at radius 2 is 1.69 bits per heavy atom. The van der Waals surface area contributed by atoms with Gasteiger partial charge in [-0.2, -0.15) is 0 Å². The Morgan fingerprint density at radius 3 is 2.38 bits per heavy atom. The van der Waals surface area contributed by atoms with E-state index in [4.69, 9.17) is 11.2 Å². The van der Waals surface area contributed by atoms with Crippen molar-refractivity contribution in [1.29, 1.82) is 0 Å². The van der Waals surface area contributed by atoms with Crippen LogP contribution in [0.1, 0.15) is 70.6 Å². The van der Waals surface area contributed by atoms with Gasteiger partial charge >= 0.3 is 0 Å². The van der Waals surface area contributed by atoms with Gasteiger partial charge in [0.25, 0.3) is 0 Å². The van der Waals surface area contributed by atoms with Gasteiger partial charge in [-0.3, -0.25) is 0 Å². The molecule has 0 amide bonds. The molecule has 1 aromatic carbocycles. The van der Waals surface area contributed by atoms with Crippen molar-refractivity contribution in [3.8, 4) is 23.6 Å². The summed E-state index contributed by atoms with van der Waals surface area (Å²) in [6.45, 7) is 4.66. The number of aryl methyl sites for hydroxylation is 1. The standard InChI is InChI=1S/C24H33NO/c1-4-6-7-8-9-10-12-17-23-18-19-25(21(3)26-20-5-2)24(23)22-15-13-11-14-16-22/h2,11,13-16,18-19,21H,4,6-10,12,17,20H2,1,3H3. The molecule has 0 aliphatic carbocycles. The molecule has 0 aliphatic rings. The molecule has 1 aromatic heterocycles. The summed E-state index contributed by atoms with van der Waals surface area (Å²) in [5.74, 6) is 2.56. The number of aromatic nitrogens is 1. The minimum atomic E-state index is -0.0657. The van der Waals surface area contributed by atoms with Crippen LogP contribution in [0.15, 0.2) is 42.6 Å². The zero-order valence-corrected chi connectivity index (χ0v) is 16.4.